The van der Waals surface area contributed by atoms with Crippen LogP contribution in [-0.4, -0.2) is 26.7 Å². The minimum absolute atomic E-state index is 0.408. The quantitative estimate of drug-likeness (QED) is 0.429. The van der Waals surface area contributed by atoms with E-state index in [2.05, 4.69) is 61.3 Å². The number of anilines is 3. The fraction of sp³-hybridized carbons (Fsp3) is 0.190. The van der Waals surface area contributed by atoms with Gasteiger partial charge in [0.1, 0.15) is 0 Å². The summed E-state index contributed by atoms with van der Waals surface area (Å²) in [6, 6.07) is 12.3. The molecule has 4 aromatic rings. The molecule has 0 saturated heterocycles. The van der Waals surface area contributed by atoms with Crippen molar-refractivity contribution < 1.29 is 0 Å². The molecule has 28 heavy (non-hydrogen) atoms. The number of rotatable bonds is 6. The maximum absolute atomic E-state index is 6.36. The van der Waals surface area contributed by atoms with Crippen molar-refractivity contribution in [3.05, 3.63) is 70.5 Å². The van der Waals surface area contributed by atoms with Gasteiger partial charge in [-0.15, -0.1) is 5.10 Å². The molecule has 0 atom stereocenters. The van der Waals surface area contributed by atoms with Crippen molar-refractivity contribution in [2.75, 3.05) is 17.2 Å². The Morgan fingerprint density at radius 3 is 2.86 bits per heavy atom. The first kappa shape index (κ1) is 18.3. The Morgan fingerprint density at radius 1 is 1.14 bits per heavy atom. The molecule has 2 aromatic heterocycles. The molecule has 0 unspecified atom stereocenters. The zero-order chi connectivity index (χ0) is 19.5. The van der Waals surface area contributed by atoms with Gasteiger partial charge in [0.15, 0.2) is 5.82 Å². The summed E-state index contributed by atoms with van der Waals surface area (Å²) >= 11 is 6.36. The number of H-pyrrole nitrogens is 1. The molecular formula is C21H21ClN6. The average molecular weight is 393 g/mol. The second-order valence-electron chi connectivity index (χ2n) is 6.77. The number of halogens is 1. The lowest BCUT2D eigenvalue weighted by molar-refractivity contribution is 0.952. The number of aryl methyl sites for hydroxylation is 2. The number of benzene rings is 2. The zero-order valence-electron chi connectivity index (χ0n) is 15.8. The monoisotopic (exact) mass is 392 g/mol. The van der Waals surface area contributed by atoms with E-state index in [9.17, 15) is 0 Å². The summed E-state index contributed by atoms with van der Waals surface area (Å²) in [6.45, 7) is 4.75. The maximum atomic E-state index is 6.36. The van der Waals surface area contributed by atoms with Crippen LogP contribution in [0, 0.1) is 13.8 Å². The van der Waals surface area contributed by atoms with Crippen LogP contribution in [0.1, 0.15) is 16.7 Å². The van der Waals surface area contributed by atoms with Crippen molar-refractivity contribution in [3.63, 3.8) is 0 Å². The Morgan fingerprint density at radius 2 is 2.00 bits per heavy atom. The van der Waals surface area contributed by atoms with Gasteiger partial charge in [-0.2, -0.15) is 10.1 Å². The molecule has 3 N–H and O–H groups in total. The van der Waals surface area contributed by atoms with Crippen LogP contribution < -0.4 is 10.6 Å². The molecule has 0 aliphatic rings. The molecule has 0 aliphatic carbocycles. The lowest BCUT2D eigenvalue weighted by Crippen LogP contribution is -2.09. The van der Waals surface area contributed by atoms with Crippen LogP contribution in [0.2, 0.25) is 5.02 Å². The summed E-state index contributed by atoms with van der Waals surface area (Å²) in [6.07, 6.45) is 4.55. The number of aromatic nitrogens is 4. The summed E-state index contributed by atoms with van der Waals surface area (Å²) in [5.41, 5.74) is 5.36. The summed E-state index contributed by atoms with van der Waals surface area (Å²) in [7, 11) is 0. The van der Waals surface area contributed by atoms with Crippen molar-refractivity contribution in [1.82, 2.24) is 20.2 Å². The van der Waals surface area contributed by atoms with E-state index in [1.807, 2.05) is 26.0 Å². The van der Waals surface area contributed by atoms with Gasteiger partial charge in [-0.1, -0.05) is 35.9 Å². The van der Waals surface area contributed by atoms with E-state index in [-0.39, 0.29) is 0 Å². The predicted octanol–water partition coefficient (Wildman–Crippen LogP) is 5.02. The highest BCUT2D eigenvalue weighted by Crippen LogP contribution is 2.29. The van der Waals surface area contributed by atoms with Crippen LogP contribution in [0.4, 0.5) is 17.5 Å². The Balaban J connectivity index is 1.43. The first-order chi connectivity index (χ1) is 13.6. The smallest absolute Gasteiger partial charge is 0.249 e. The summed E-state index contributed by atoms with van der Waals surface area (Å²) < 4.78 is 0. The fourth-order valence-electron chi connectivity index (χ4n) is 3.29. The maximum Gasteiger partial charge on any atom is 0.249 e. The number of nitrogens with zero attached hydrogens (tertiary/aromatic N) is 3. The second-order valence-corrected chi connectivity index (χ2v) is 7.17. The molecule has 0 spiro atoms. The third-order valence-electron chi connectivity index (χ3n) is 4.60. The van der Waals surface area contributed by atoms with E-state index in [1.165, 1.54) is 10.9 Å². The second kappa shape index (κ2) is 7.86. The molecule has 0 amide bonds. The Labute approximate surface area is 168 Å². The third-order valence-corrected chi connectivity index (χ3v) is 4.90. The molecule has 2 heterocycles. The molecule has 0 bridgehead atoms. The van der Waals surface area contributed by atoms with Crippen LogP contribution in [0.3, 0.4) is 0 Å². The van der Waals surface area contributed by atoms with Crippen molar-refractivity contribution in [1.29, 1.82) is 0 Å². The molecule has 7 heteroatoms. The average Bonchev–Trinajstić information content (AvgIpc) is 3.08. The number of fused-ring (bicyclic) bond motifs is 1. The zero-order valence-corrected chi connectivity index (χ0v) is 16.5. The molecule has 0 fully saturated rings. The van der Waals surface area contributed by atoms with Gasteiger partial charge in [-0.3, -0.25) is 0 Å². The van der Waals surface area contributed by atoms with Crippen LogP contribution in [0.5, 0.6) is 0 Å². The van der Waals surface area contributed by atoms with Gasteiger partial charge in [0.2, 0.25) is 5.95 Å². The summed E-state index contributed by atoms with van der Waals surface area (Å²) in [5, 5.41) is 16.5. The first-order valence-electron chi connectivity index (χ1n) is 9.12. The Hall–Kier alpha value is -3.12. The largest absolute Gasteiger partial charge is 0.368 e. The molecule has 142 valence electrons. The minimum Gasteiger partial charge on any atom is -0.368 e. The van der Waals surface area contributed by atoms with Gasteiger partial charge in [0.25, 0.3) is 0 Å². The van der Waals surface area contributed by atoms with Crippen LogP contribution >= 0.6 is 11.6 Å². The Kier molecular flexibility index (Phi) is 5.12. The van der Waals surface area contributed by atoms with Gasteiger partial charge >= 0.3 is 0 Å². The first-order valence-corrected chi connectivity index (χ1v) is 9.50. The molecule has 2 aromatic carbocycles. The van der Waals surface area contributed by atoms with Gasteiger partial charge in [0, 0.05) is 23.6 Å². The molecule has 0 saturated carbocycles. The highest BCUT2D eigenvalue weighted by molar-refractivity contribution is 6.33. The van der Waals surface area contributed by atoms with E-state index in [1.54, 1.807) is 6.20 Å². The standard InChI is InChI=1S/C21H21ClN6/c1-13-9-14(2)20(17(22)10-13)27-21-26-19(12-25-28-21)23-8-7-15-11-24-18-6-4-3-5-16(15)18/h3-6,9-12,24H,7-8H2,1-2H3,(H2,23,26,27,28). The number of hydrogen-bond donors (Lipinski definition) is 3. The van der Waals surface area contributed by atoms with E-state index in [0.717, 1.165) is 35.3 Å². The normalized spacial score (nSPS) is 11.0. The van der Waals surface area contributed by atoms with E-state index < -0.39 is 0 Å². The van der Waals surface area contributed by atoms with Crippen LogP contribution in [0.15, 0.2) is 48.8 Å². The SMILES string of the molecule is Cc1cc(C)c(Nc2nncc(NCCc3c[nH]c4ccccc34)n2)c(Cl)c1. The lowest BCUT2D eigenvalue weighted by atomic mass is 10.1. The van der Waals surface area contributed by atoms with Crippen molar-refractivity contribution in [2.24, 2.45) is 0 Å². The van der Waals surface area contributed by atoms with Crippen molar-refractivity contribution >= 4 is 40.0 Å². The Bertz CT molecular complexity index is 1100. The van der Waals surface area contributed by atoms with E-state index in [0.29, 0.717) is 16.8 Å². The summed E-state index contributed by atoms with van der Waals surface area (Å²) in [5.74, 6) is 1.07. The highest BCUT2D eigenvalue weighted by atomic mass is 35.5. The number of para-hydroxylation sites is 1. The molecule has 0 radical (unpaired) electrons. The molecular weight excluding hydrogens is 372 g/mol. The number of aromatic amines is 1. The molecule has 4 rings (SSSR count). The predicted molar refractivity (Wildman–Crippen MR) is 115 cm³/mol. The third kappa shape index (κ3) is 3.92. The van der Waals surface area contributed by atoms with Gasteiger partial charge in [0.05, 0.1) is 16.9 Å². The summed E-state index contributed by atoms with van der Waals surface area (Å²) in [4.78, 5) is 7.79. The fourth-order valence-corrected chi connectivity index (χ4v) is 3.66. The van der Waals surface area contributed by atoms with E-state index >= 15 is 0 Å². The van der Waals surface area contributed by atoms with Gasteiger partial charge < -0.3 is 15.6 Å². The lowest BCUT2D eigenvalue weighted by Gasteiger charge is -2.12. The van der Waals surface area contributed by atoms with Crippen molar-refractivity contribution in [2.45, 2.75) is 20.3 Å². The van der Waals surface area contributed by atoms with Crippen LogP contribution in [0.25, 0.3) is 10.9 Å². The topological polar surface area (TPSA) is 78.5 Å². The molecule has 6 nitrogen and oxygen atoms in total. The molecule has 0 aliphatic heterocycles. The number of hydrogen-bond acceptors (Lipinski definition) is 5. The van der Waals surface area contributed by atoms with Gasteiger partial charge in [-0.05, 0) is 49.1 Å². The highest BCUT2D eigenvalue weighted by Gasteiger charge is 2.09. The van der Waals surface area contributed by atoms with Crippen molar-refractivity contribution in [3.8, 4) is 0 Å². The van der Waals surface area contributed by atoms with E-state index in [4.69, 9.17) is 11.6 Å². The van der Waals surface area contributed by atoms with Gasteiger partial charge in [-0.25, -0.2) is 0 Å². The van der Waals surface area contributed by atoms with Crippen LogP contribution in [-0.2, 0) is 6.42 Å². The minimum atomic E-state index is 0.408. The number of nitrogens with one attached hydrogen (secondary N) is 3.